The molecule has 1 N–H and O–H groups in total. The number of fused-ring (bicyclic) bond motifs is 1. The Morgan fingerprint density at radius 3 is 2.74 bits per heavy atom. The summed E-state index contributed by atoms with van der Waals surface area (Å²) in [5.74, 6) is 0.489. The van der Waals surface area contributed by atoms with Crippen molar-refractivity contribution in [2.24, 2.45) is 0 Å². The first-order valence-corrected chi connectivity index (χ1v) is 7.50. The molecule has 0 saturated carbocycles. The normalized spacial score (nSPS) is 12.3. The van der Waals surface area contributed by atoms with Crippen LogP contribution in [0.2, 0.25) is 0 Å². The molecule has 2 aromatic carbocycles. The van der Waals surface area contributed by atoms with E-state index in [9.17, 15) is 9.90 Å². The topological polar surface area (TPSA) is 64.3 Å². The second-order valence-electron chi connectivity index (χ2n) is 5.29. The molecule has 118 valence electrons. The highest BCUT2D eigenvalue weighted by atomic mass is 16.5. The van der Waals surface area contributed by atoms with Gasteiger partial charge < -0.3 is 14.4 Å². The van der Waals surface area contributed by atoms with Gasteiger partial charge in [0.2, 0.25) is 0 Å². The van der Waals surface area contributed by atoms with Gasteiger partial charge in [-0.25, -0.2) is 9.78 Å². The molecule has 0 bridgehead atoms. The molecule has 0 amide bonds. The van der Waals surface area contributed by atoms with Gasteiger partial charge in [-0.2, -0.15) is 0 Å². The van der Waals surface area contributed by atoms with Crippen molar-refractivity contribution in [1.29, 1.82) is 0 Å². The molecule has 1 heterocycles. The standard InChI is InChI=1S/C18H18N2O3/c1-3-15(18(21)22)20-16-10-5-4-9-14(16)19-17(20)12-7-6-8-13(11-12)23-2/h4-11,15H,3H2,1-2H3,(H,21,22). The summed E-state index contributed by atoms with van der Waals surface area (Å²) in [7, 11) is 1.61. The van der Waals surface area contributed by atoms with Crippen LogP contribution in [-0.2, 0) is 4.79 Å². The zero-order valence-corrected chi connectivity index (χ0v) is 13.1. The zero-order chi connectivity index (χ0) is 16.4. The Hall–Kier alpha value is -2.82. The molecule has 0 aliphatic carbocycles. The van der Waals surface area contributed by atoms with Gasteiger partial charge in [-0.05, 0) is 30.7 Å². The molecule has 0 saturated heterocycles. The summed E-state index contributed by atoms with van der Waals surface area (Å²) >= 11 is 0. The summed E-state index contributed by atoms with van der Waals surface area (Å²) in [5, 5.41) is 9.60. The second-order valence-corrected chi connectivity index (χ2v) is 5.29. The van der Waals surface area contributed by atoms with Crippen molar-refractivity contribution in [1.82, 2.24) is 9.55 Å². The van der Waals surface area contributed by atoms with E-state index in [-0.39, 0.29) is 0 Å². The predicted molar refractivity (Wildman–Crippen MR) is 88.7 cm³/mol. The number of carboxylic acid groups (broad SMARTS) is 1. The number of hydrogen-bond acceptors (Lipinski definition) is 3. The van der Waals surface area contributed by atoms with Crippen molar-refractivity contribution in [3.63, 3.8) is 0 Å². The molecule has 3 aromatic rings. The minimum atomic E-state index is -0.861. The van der Waals surface area contributed by atoms with Gasteiger partial charge in [-0.15, -0.1) is 0 Å². The first kappa shape index (κ1) is 15.1. The molecule has 3 rings (SSSR count). The third kappa shape index (κ3) is 2.65. The first-order chi connectivity index (χ1) is 11.2. The van der Waals surface area contributed by atoms with Gasteiger partial charge in [0.1, 0.15) is 17.6 Å². The van der Waals surface area contributed by atoms with E-state index in [1.54, 1.807) is 11.7 Å². The van der Waals surface area contributed by atoms with Crippen LogP contribution in [0.3, 0.4) is 0 Å². The smallest absolute Gasteiger partial charge is 0.326 e. The van der Waals surface area contributed by atoms with Crippen LogP contribution in [0.5, 0.6) is 5.75 Å². The maximum absolute atomic E-state index is 11.7. The van der Waals surface area contributed by atoms with Crippen LogP contribution >= 0.6 is 0 Å². The molecule has 1 aromatic heterocycles. The number of methoxy groups -OCH3 is 1. The van der Waals surface area contributed by atoms with E-state index in [0.717, 1.165) is 16.6 Å². The minimum absolute atomic E-state index is 0.479. The number of nitrogens with zero attached hydrogens (tertiary/aromatic N) is 2. The van der Waals surface area contributed by atoms with Gasteiger partial charge >= 0.3 is 5.97 Å². The molecule has 0 radical (unpaired) electrons. The van der Waals surface area contributed by atoms with Gasteiger partial charge in [-0.3, -0.25) is 0 Å². The fraction of sp³-hybridized carbons (Fsp3) is 0.222. The lowest BCUT2D eigenvalue weighted by atomic mass is 10.1. The van der Waals surface area contributed by atoms with Crippen LogP contribution in [-0.4, -0.2) is 27.7 Å². The Morgan fingerprint density at radius 2 is 2.04 bits per heavy atom. The third-order valence-electron chi connectivity index (χ3n) is 3.91. The Bertz CT molecular complexity index is 854. The number of rotatable bonds is 5. The SMILES string of the molecule is CCC(C(=O)O)n1c(-c2cccc(OC)c2)nc2ccccc21. The van der Waals surface area contributed by atoms with E-state index in [1.807, 2.05) is 55.5 Å². The summed E-state index contributed by atoms with van der Waals surface area (Å²) < 4.78 is 7.07. The largest absolute Gasteiger partial charge is 0.497 e. The van der Waals surface area contributed by atoms with E-state index in [1.165, 1.54) is 0 Å². The number of carbonyl (C=O) groups is 1. The van der Waals surface area contributed by atoms with E-state index in [0.29, 0.717) is 18.0 Å². The molecule has 0 spiro atoms. The molecule has 0 aliphatic heterocycles. The molecule has 1 unspecified atom stereocenters. The van der Waals surface area contributed by atoms with E-state index in [4.69, 9.17) is 4.74 Å². The minimum Gasteiger partial charge on any atom is -0.497 e. The lowest BCUT2D eigenvalue weighted by molar-refractivity contribution is -0.140. The van der Waals surface area contributed by atoms with Crippen molar-refractivity contribution in [3.8, 4) is 17.1 Å². The van der Waals surface area contributed by atoms with Gasteiger partial charge in [0.15, 0.2) is 0 Å². The first-order valence-electron chi connectivity index (χ1n) is 7.50. The van der Waals surface area contributed by atoms with Crippen LogP contribution in [0.1, 0.15) is 19.4 Å². The van der Waals surface area contributed by atoms with Crippen molar-refractivity contribution < 1.29 is 14.6 Å². The molecular formula is C18H18N2O3. The lowest BCUT2D eigenvalue weighted by Crippen LogP contribution is -2.19. The Balaban J connectivity index is 2.29. The monoisotopic (exact) mass is 310 g/mol. The summed E-state index contributed by atoms with van der Waals surface area (Å²) in [6.07, 6.45) is 0.479. The lowest BCUT2D eigenvalue weighted by Gasteiger charge is -2.16. The number of benzene rings is 2. The van der Waals surface area contributed by atoms with Gasteiger partial charge in [0, 0.05) is 5.56 Å². The highest BCUT2D eigenvalue weighted by Crippen LogP contribution is 2.31. The highest BCUT2D eigenvalue weighted by molar-refractivity contribution is 5.84. The van der Waals surface area contributed by atoms with Crippen molar-refractivity contribution in [2.45, 2.75) is 19.4 Å². The summed E-state index contributed by atoms with van der Waals surface area (Å²) in [5.41, 5.74) is 2.44. The molecular weight excluding hydrogens is 292 g/mol. The number of carboxylic acids is 1. The summed E-state index contributed by atoms with van der Waals surface area (Å²) in [4.78, 5) is 16.4. The van der Waals surface area contributed by atoms with Crippen LogP contribution in [0.4, 0.5) is 0 Å². The second kappa shape index (κ2) is 6.12. The highest BCUT2D eigenvalue weighted by Gasteiger charge is 2.24. The van der Waals surface area contributed by atoms with Gasteiger partial charge in [0.05, 0.1) is 18.1 Å². The predicted octanol–water partition coefficient (Wildman–Crippen LogP) is 3.75. The van der Waals surface area contributed by atoms with Gasteiger partial charge in [-0.1, -0.05) is 31.2 Å². The van der Waals surface area contributed by atoms with Crippen molar-refractivity contribution >= 4 is 17.0 Å². The number of aliphatic carboxylic acids is 1. The fourth-order valence-corrected chi connectivity index (χ4v) is 2.79. The average Bonchev–Trinajstić information content (AvgIpc) is 2.95. The molecule has 5 heteroatoms. The van der Waals surface area contributed by atoms with Crippen LogP contribution in [0.15, 0.2) is 48.5 Å². The maximum Gasteiger partial charge on any atom is 0.326 e. The number of ether oxygens (including phenoxy) is 1. The number of hydrogen-bond donors (Lipinski definition) is 1. The van der Waals surface area contributed by atoms with E-state index in [2.05, 4.69) is 4.98 Å². The van der Waals surface area contributed by atoms with Crippen LogP contribution in [0.25, 0.3) is 22.4 Å². The summed E-state index contributed by atoms with van der Waals surface area (Å²) in [6, 6.07) is 14.4. The van der Waals surface area contributed by atoms with Crippen LogP contribution < -0.4 is 4.74 Å². The van der Waals surface area contributed by atoms with E-state index < -0.39 is 12.0 Å². The van der Waals surface area contributed by atoms with Crippen molar-refractivity contribution in [3.05, 3.63) is 48.5 Å². The Morgan fingerprint density at radius 1 is 1.26 bits per heavy atom. The fourth-order valence-electron chi connectivity index (χ4n) is 2.79. The third-order valence-corrected chi connectivity index (χ3v) is 3.91. The summed E-state index contributed by atoms with van der Waals surface area (Å²) in [6.45, 7) is 1.86. The maximum atomic E-state index is 11.7. The van der Waals surface area contributed by atoms with Crippen molar-refractivity contribution in [2.75, 3.05) is 7.11 Å². The van der Waals surface area contributed by atoms with Crippen LogP contribution in [0, 0.1) is 0 Å². The van der Waals surface area contributed by atoms with Gasteiger partial charge in [0.25, 0.3) is 0 Å². The number of para-hydroxylation sites is 2. The molecule has 0 fully saturated rings. The molecule has 5 nitrogen and oxygen atoms in total. The average molecular weight is 310 g/mol. The molecule has 0 aliphatic rings. The Labute approximate surface area is 134 Å². The number of aromatic nitrogens is 2. The number of imidazole rings is 1. The zero-order valence-electron chi connectivity index (χ0n) is 13.1. The van der Waals surface area contributed by atoms with E-state index >= 15 is 0 Å². The quantitative estimate of drug-likeness (QED) is 0.779. The molecule has 23 heavy (non-hydrogen) atoms. The molecule has 1 atom stereocenters. The Kier molecular flexibility index (Phi) is 4.02.